The molecule has 180 valence electrons. The quantitative estimate of drug-likeness (QED) is 0.458. The van der Waals surface area contributed by atoms with Crippen LogP contribution in [0.25, 0.3) is 23.0 Å². The minimum atomic E-state index is -0.213. The van der Waals surface area contributed by atoms with Crippen molar-refractivity contribution in [3.05, 3.63) is 70.8 Å². The molecule has 2 aliphatic heterocycles. The summed E-state index contributed by atoms with van der Waals surface area (Å²) in [6.45, 7) is 7.62. The van der Waals surface area contributed by atoms with E-state index in [0.717, 1.165) is 58.5 Å². The maximum atomic E-state index is 12.8. The van der Waals surface area contributed by atoms with Gasteiger partial charge in [-0.15, -0.1) is 0 Å². The lowest BCUT2D eigenvalue weighted by atomic mass is 10.0. The lowest BCUT2D eigenvalue weighted by Crippen LogP contribution is -2.38. The van der Waals surface area contributed by atoms with Gasteiger partial charge in [0.05, 0.1) is 30.4 Å². The van der Waals surface area contributed by atoms with Gasteiger partial charge < -0.3 is 14.4 Å². The zero-order chi connectivity index (χ0) is 24.2. The number of benzene rings is 2. The van der Waals surface area contributed by atoms with Crippen LogP contribution in [0.15, 0.2) is 64.6 Å². The largest absolute Gasteiger partial charge is 0.494 e. The smallest absolute Gasteiger partial charge is 0.286 e. The van der Waals surface area contributed by atoms with E-state index in [1.54, 1.807) is 0 Å². The van der Waals surface area contributed by atoms with Gasteiger partial charge in [-0.1, -0.05) is 25.1 Å². The molecule has 0 radical (unpaired) electrons. The molecule has 0 unspecified atom stereocenters. The SMILES string of the molecule is CCCOc1ccc(-c2nn(-c3ccccc3)cc2/C=C2\SC(N3CCOCC3)=NC2=O)c(C)c1. The van der Waals surface area contributed by atoms with Gasteiger partial charge in [0.25, 0.3) is 5.91 Å². The van der Waals surface area contributed by atoms with E-state index >= 15 is 0 Å². The summed E-state index contributed by atoms with van der Waals surface area (Å²) < 4.78 is 13.1. The highest BCUT2D eigenvalue weighted by Gasteiger charge is 2.28. The van der Waals surface area contributed by atoms with Crippen molar-refractivity contribution in [2.24, 2.45) is 4.99 Å². The first-order valence-electron chi connectivity index (χ1n) is 11.9. The number of amidine groups is 1. The summed E-state index contributed by atoms with van der Waals surface area (Å²) in [6.07, 6.45) is 4.84. The van der Waals surface area contributed by atoms with Crippen LogP contribution in [-0.2, 0) is 9.53 Å². The number of ether oxygens (including phenoxy) is 2. The van der Waals surface area contributed by atoms with Gasteiger partial charge >= 0.3 is 0 Å². The molecule has 0 bridgehead atoms. The standard InChI is InChI=1S/C27H28N4O3S/c1-3-13-34-22-9-10-23(19(2)16-22)25-20(18-31(29-25)21-7-5-4-6-8-21)17-24-26(32)28-27(35-24)30-11-14-33-15-12-30/h4-10,16-18H,3,11-15H2,1-2H3/b24-17-. The molecule has 0 aliphatic carbocycles. The second-order valence-corrected chi connectivity index (χ2v) is 9.46. The molecule has 0 spiro atoms. The van der Waals surface area contributed by atoms with Crippen LogP contribution in [0.5, 0.6) is 5.75 Å². The van der Waals surface area contributed by atoms with Crippen molar-refractivity contribution in [1.82, 2.24) is 14.7 Å². The zero-order valence-electron chi connectivity index (χ0n) is 19.9. The van der Waals surface area contributed by atoms with E-state index in [4.69, 9.17) is 14.6 Å². The fourth-order valence-electron chi connectivity index (χ4n) is 4.06. The highest BCUT2D eigenvalue weighted by molar-refractivity contribution is 8.18. The molecule has 2 aromatic carbocycles. The Morgan fingerprint density at radius 3 is 2.69 bits per heavy atom. The number of carbonyl (C=O) groups is 1. The summed E-state index contributed by atoms with van der Waals surface area (Å²) in [7, 11) is 0. The first-order valence-corrected chi connectivity index (χ1v) is 12.7. The van der Waals surface area contributed by atoms with Crippen LogP contribution in [0, 0.1) is 6.92 Å². The predicted octanol–water partition coefficient (Wildman–Crippen LogP) is 4.94. The van der Waals surface area contributed by atoms with Crippen LogP contribution in [0.3, 0.4) is 0 Å². The zero-order valence-corrected chi connectivity index (χ0v) is 20.8. The number of aryl methyl sites for hydroxylation is 1. The fourth-order valence-corrected chi connectivity index (χ4v) is 5.01. The molecular weight excluding hydrogens is 460 g/mol. The average Bonchev–Trinajstić information content (AvgIpc) is 3.47. The summed E-state index contributed by atoms with van der Waals surface area (Å²) in [6, 6.07) is 16.0. The predicted molar refractivity (Wildman–Crippen MR) is 140 cm³/mol. The molecule has 1 fully saturated rings. The van der Waals surface area contributed by atoms with Gasteiger partial charge in [-0.05, 0) is 67.1 Å². The Hall–Kier alpha value is -3.36. The van der Waals surface area contributed by atoms with E-state index in [1.807, 2.05) is 65.5 Å². The Kier molecular flexibility index (Phi) is 7.01. The number of hydrogen-bond donors (Lipinski definition) is 0. The summed E-state index contributed by atoms with van der Waals surface area (Å²) in [4.78, 5) is 19.8. The Balaban J connectivity index is 1.51. The van der Waals surface area contributed by atoms with E-state index in [1.165, 1.54) is 11.8 Å². The van der Waals surface area contributed by atoms with Gasteiger partial charge in [0, 0.05) is 30.4 Å². The van der Waals surface area contributed by atoms with E-state index < -0.39 is 0 Å². The number of carbonyl (C=O) groups excluding carboxylic acids is 1. The van der Waals surface area contributed by atoms with Crippen molar-refractivity contribution in [2.75, 3.05) is 32.9 Å². The van der Waals surface area contributed by atoms with Gasteiger partial charge in [-0.2, -0.15) is 10.1 Å². The average molecular weight is 489 g/mol. The second-order valence-electron chi connectivity index (χ2n) is 8.45. The number of morpholine rings is 1. The summed E-state index contributed by atoms with van der Waals surface area (Å²) >= 11 is 1.42. The van der Waals surface area contributed by atoms with Gasteiger partial charge in [0.1, 0.15) is 11.4 Å². The van der Waals surface area contributed by atoms with Crippen molar-refractivity contribution in [2.45, 2.75) is 20.3 Å². The molecule has 1 saturated heterocycles. The lowest BCUT2D eigenvalue weighted by molar-refractivity contribution is -0.113. The Labute approximate surface area is 209 Å². The molecule has 1 amide bonds. The van der Waals surface area contributed by atoms with Crippen molar-refractivity contribution in [1.29, 1.82) is 0 Å². The number of aliphatic imine (C=N–C) groups is 1. The topological polar surface area (TPSA) is 68.9 Å². The van der Waals surface area contributed by atoms with Gasteiger partial charge in [-0.3, -0.25) is 4.79 Å². The van der Waals surface area contributed by atoms with Crippen molar-refractivity contribution in [3.8, 4) is 22.7 Å². The molecule has 5 rings (SSSR count). The van der Waals surface area contributed by atoms with E-state index in [0.29, 0.717) is 24.7 Å². The Bertz CT molecular complexity index is 1280. The van der Waals surface area contributed by atoms with E-state index in [2.05, 4.69) is 23.7 Å². The van der Waals surface area contributed by atoms with Crippen molar-refractivity contribution >= 4 is 28.9 Å². The molecule has 8 heteroatoms. The Morgan fingerprint density at radius 2 is 1.94 bits per heavy atom. The highest BCUT2D eigenvalue weighted by atomic mass is 32.2. The number of amides is 1. The summed E-state index contributed by atoms with van der Waals surface area (Å²) in [5.41, 5.74) is 4.70. The third-order valence-electron chi connectivity index (χ3n) is 5.87. The van der Waals surface area contributed by atoms with Gasteiger partial charge in [0.2, 0.25) is 0 Å². The molecule has 1 aromatic heterocycles. The van der Waals surface area contributed by atoms with Crippen LogP contribution < -0.4 is 4.74 Å². The number of para-hydroxylation sites is 1. The number of nitrogens with zero attached hydrogens (tertiary/aromatic N) is 4. The highest BCUT2D eigenvalue weighted by Crippen LogP contribution is 2.35. The van der Waals surface area contributed by atoms with E-state index in [-0.39, 0.29) is 5.91 Å². The van der Waals surface area contributed by atoms with Crippen LogP contribution in [-0.4, -0.2) is 58.7 Å². The maximum Gasteiger partial charge on any atom is 0.286 e. The van der Waals surface area contributed by atoms with Crippen LogP contribution in [0.4, 0.5) is 0 Å². The van der Waals surface area contributed by atoms with Crippen molar-refractivity contribution < 1.29 is 14.3 Å². The molecule has 2 aliphatic rings. The van der Waals surface area contributed by atoms with Crippen LogP contribution in [0.2, 0.25) is 0 Å². The first kappa shape index (κ1) is 23.4. The molecule has 3 heterocycles. The minimum Gasteiger partial charge on any atom is -0.494 e. The van der Waals surface area contributed by atoms with Gasteiger partial charge in [-0.25, -0.2) is 4.68 Å². The van der Waals surface area contributed by atoms with Crippen LogP contribution >= 0.6 is 11.8 Å². The summed E-state index contributed by atoms with van der Waals surface area (Å²) in [5, 5.41) is 5.67. The molecule has 0 atom stereocenters. The van der Waals surface area contributed by atoms with E-state index in [9.17, 15) is 4.79 Å². The molecule has 0 saturated carbocycles. The number of hydrogen-bond acceptors (Lipinski definition) is 6. The molecule has 0 N–H and O–H groups in total. The Morgan fingerprint density at radius 1 is 1.14 bits per heavy atom. The van der Waals surface area contributed by atoms with Crippen molar-refractivity contribution in [3.63, 3.8) is 0 Å². The third-order valence-corrected chi connectivity index (χ3v) is 6.91. The van der Waals surface area contributed by atoms with Crippen LogP contribution in [0.1, 0.15) is 24.5 Å². The molecular formula is C27H28N4O3S. The third kappa shape index (κ3) is 5.18. The molecule has 35 heavy (non-hydrogen) atoms. The molecule has 3 aromatic rings. The fraction of sp³-hybridized carbons (Fsp3) is 0.296. The first-order chi connectivity index (χ1) is 17.1. The number of thioether (sulfide) groups is 1. The minimum absolute atomic E-state index is 0.213. The molecule has 7 nitrogen and oxygen atoms in total. The summed E-state index contributed by atoms with van der Waals surface area (Å²) in [5.74, 6) is 0.635. The lowest BCUT2D eigenvalue weighted by Gasteiger charge is -2.27. The number of rotatable bonds is 6. The van der Waals surface area contributed by atoms with Gasteiger partial charge in [0.15, 0.2) is 5.17 Å². The normalized spacial score (nSPS) is 17.2. The second kappa shape index (κ2) is 10.5. The number of aromatic nitrogens is 2. The maximum absolute atomic E-state index is 12.8. The monoisotopic (exact) mass is 488 g/mol.